The predicted molar refractivity (Wildman–Crippen MR) is 92.1 cm³/mol. The van der Waals surface area contributed by atoms with E-state index in [9.17, 15) is 0 Å². The Morgan fingerprint density at radius 3 is 2.62 bits per heavy atom. The van der Waals surface area contributed by atoms with Crippen LogP contribution < -0.4 is 15.4 Å². The molecule has 4 heteroatoms. The van der Waals surface area contributed by atoms with Crippen molar-refractivity contribution in [3.8, 4) is 5.75 Å². The van der Waals surface area contributed by atoms with Crippen LogP contribution in [0, 0.1) is 6.92 Å². The SMILES string of the molecule is COc1ccc(Br)cc1C(CN)N(C)c1cccc(C)c1. The fourth-order valence-electron chi connectivity index (χ4n) is 2.49. The van der Waals surface area contributed by atoms with E-state index in [2.05, 4.69) is 65.1 Å². The molecule has 0 saturated carbocycles. The van der Waals surface area contributed by atoms with E-state index in [1.807, 2.05) is 12.1 Å². The topological polar surface area (TPSA) is 38.5 Å². The first kappa shape index (κ1) is 15.9. The quantitative estimate of drug-likeness (QED) is 0.890. The number of ether oxygens (including phenoxy) is 1. The Balaban J connectivity index is 2.41. The summed E-state index contributed by atoms with van der Waals surface area (Å²) in [5.41, 5.74) is 9.50. The van der Waals surface area contributed by atoms with Crippen molar-refractivity contribution in [1.82, 2.24) is 0 Å². The van der Waals surface area contributed by atoms with E-state index in [1.54, 1.807) is 7.11 Å². The molecule has 0 fully saturated rings. The van der Waals surface area contributed by atoms with E-state index < -0.39 is 0 Å². The van der Waals surface area contributed by atoms with Gasteiger partial charge in [-0.3, -0.25) is 0 Å². The maximum absolute atomic E-state index is 6.04. The van der Waals surface area contributed by atoms with Gasteiger partial charge in [0.1, 0.15) is 5.75 Å². The first-order valence-corrected chi connectivity index (χ1v) is 7.69. The minimum atomic E-state index is 0.0549. The molecule has 2 rings (SSSR count). The van der Waals surface area contributed by atoms with Crippen LogP contribution >= 0.6 is 15.9 Å². The van der Waals surface area contributed by atoms with E-state index >= 15 is 0 Å². The molecule has 0 aliphatic carbocycles. The van der Waals surface area contributed by atoms with E-state index in [0.717, 1.165) is 21.5 Å². The van der Waals surface area contributed by atoms with Gasteiger partial charge in [-0.2, -0.15) is 0 Å². The van der Waals surface area contributed by atoms with Gasteiger partial charge in [-0.1, -0.05) is 28.1 Å². The van der Waals surface area contributed by atoms with Crippen molar-refractivity contribution < 1.29 is 4.74 Å². The summed E-state index contributed by atoms with van der Waals surface area (Å²) in [4.78, 5) is 2.19. The van der Waals surface area contributed by atoms with Crippen LogP contribution in [0.25, 0.3) is 0 Å². The average Bonchev–Trinajstić information content (AvgIpc) is 2.48. The first-order valence-electron chi connectivity index (χ1n) is 6.89. The predicted octanol–water partition coefficient (Wildman–Crippen LogP) is 3.90. The number of rotatable bonds is 5. The van der Waals surface area contributed by atoms with Crippen molar-refractivity contribution in [1.29, 1.82) is 0 Å². The van der Waals surface area contributed by atoms with Gasteiger partial charge in [0, 0.05) is 29.3 Å². The third kappa shape index (κ3) is 3.57. The molecule has 0 spiro atoms. The molecule has 1 unspecified atom stereocenters. The van der Waals surface area contributed by atoms with Crippen molar-refractivity contribution in [3.63, 3.8) is 0 Å². The summed E-state index contributed by atoms with van der Waals surface area (Å²) < 4.78 is 6.51. The van der Waals surface area contributed by atoms with Gasteiger partial charge < -0.3 is 15.4 Å². The summed E-state index contributed by atoms with van der Waals surface area (Å²) in [7, 11) is 3.75. The number of nitrogens with zero attached hydrogens (tertiary/aromatic N) is 1. The van der Waals surface area contributed by atoms with Crippen LogP contribution in [0.15, 0.2) is 46.9 Å². The molecule has 2 N–H and O–H groups in total. The Hall–Kier alpha value is -1.52. The standard InChI is InChI=1S/C17H21BrN2O/c1-12-5-4-6-14(9-12)20(2)16(11-19)15-10-13(18)7-8-17(15)21-3/h4-10,16H,11,19H2,1-3H3. The zero-order valence-electron chi connectivity index (χ0n) is 12.6. The smallest absolute Gasteiger partial charge is 0.124 e. The number of likely N-dealkylation sites (N-methyl/N-ethyl adjacent to an activating group) is 1. The van der Waals surface area contributed by atoms with E-state index in [-0.39, 0.29) is 6.04 Å². The largest absolute Gasteiger partial charge is 0.496 e. The van der Waals surface area contributed by atoms with Crippen molar-refractivity contribution >= 4 is 21.6 Å². The molecule has 2 aromatic rings. The maximum atomic E-state index is 6.04. The van der Waals surface area contributed by atoms with Crippen LogP contribution in [0.5, 0.6) is 5.75 Å². The van der Waals surface area contributed by atoms with Crippen LogP contribution in [-0.4, -0.2) is 20.7 Å². The minimum absolute atomic E-state index is 0.0549. The van der Waals surface area contributed by atoms with Gasteiger partial charge in [0.15, 0.2) is 0 Å². The Morgan fingerprint density at radius 1 is 1.24 bits per heavy atom. The number of nitrogens with two attached hydrogens (primary N) is 1. The number of hydrogen-bond donors (Lipinski definition) is 1. The first-order chi connectivity index (χ1) is 10.1. The number of methoxy groups -OCH3 is 1. The van der Waals surface area contributed by atoms with Gasteiger partial charge >= 0.3 is 0 Å². The molecule has 3 nitrogen and oxygen atoms in total. The molecule has 0 aromatic heterocycles. The van der Waals surface area contributed by atoms with Gasteiger partial charge in [0.2, 0.25) is 0 Å². The summed E-state index contributed by atoms with van der Waals surface area (Å²) in [5.74, 6) is 0.855. The average molecular weight is 349 g/mol. The normalized spacial score (nSPS) is 12.0. The number of aryl methyl sites for hydroxylation is 1. The zero-order valence-corrected chi connectivity index (χ0v) is 14.2. The molecule has 0 radical (unpaired) electrons. The highest BCUT2D eigenvalue weighted by Gasteiger charge is 2.20. The van der Waals surface area contributed by atoms with Gasteiger partial charge in [0.05, 0.1) is 13.2 Å². The Labute approximate surface area is 134 Å². The molecule has 1 atom stereocenters. The Bertz CT molecular complexity index is 615. The summed E-state index contributed by atoms with van der Waals surface area (Å²) in [6, 6.07) is 14.5. The zero-order chi connectivity index (χ0) is 15.4. The summed E-state index contributed by atoms with van der Waals surface area (Å²) in [6.07, 6.45) is 0. The summed E-state index contributed by atoms with van der Waals surface area (Å²) in [5, 5.41) is 0. The number of halogens is 1. The fraction of sp³-hybridized carbons (Fsp3) is 0.294. The molecule has 0 bridgehead atoms. The van der Waals surface area contributed by atoms with Crippen LogP contribution in [-0.2, 0) is 0 Å². The molecule has 21 heavy (non-hydrogen) atoms. The van der Waals surface area contributed by atoms with Crippen LogP contribution in [0.4, 0.5) is 5.69 Å². The second-order valence-electron chi connectivity index (χ2n) is 5.09. The van der Waals surface area contributed by atoms with E-state index in [4.69, 9.17) is 10.5 Å². The van der Waals surface area contributed by atoms with Crippen molar-refractivity contribution in [3.05, 3.63) is 58.1 Å². The number of hydrogen-bond acceptors (Lipinski definition) is 3. The highest BCUT2D eigenvalue weighted by molar-refractivity contribution is 9.10. The minimum Gasteiger partial charge on any atom is -0.496 e. The van der Waals surface area contributed by atoms with Crippen molar-refractivity contribution in [2.45, 2.75) is 13.0 Å². The van der Waals surface area contributed by atoms with Crippen molar-refractivity contribution in [2.75, 3.05) is 25.6 Å². The van der Waals surface area contributed by atoms with Crippen LogP contribution in [0.2, 0.25) is 0 Å². The van der Waals surface area contributed by atoms with Gasteiger partial charge in [-0.25, -0.2) is 0 Å². The van der Waals surface area contributed by atoms with Gasteiger partial charge in [-0.15, -0.1) is 0 Å². The molecule has 0 amide bonds. The molecule has 112 valence electrons. The third-order valence-corrected chi connectivity index (χ3v) is 4.14. The fourth-order valence-corrected chi connectivity index (χ4v) is 2.87. The molecular formula is C17H21BrN2O. The lowest BCUT2D eigenvalue weighted by molar-refractivity contribution is 0.405. The second-order valence-corrected chi connectivity index (χ2v) is 6.00. The maximum Gasteiger partial charge on any atom is 0.124 e. The third-order valence-electron chi connectivity index (χ3n) is 3.65. The van der Waals surface area contributed by atoms with Crippen LogP contribution in [0.3, 0.4) is 0 Å². The lowest BCUT2D eigenvalue weighted by Crippen LogP contribution is -2.30. The highest BCUT2D eigenvalue weighted by Crippen LogP contribution is 2.33. The Morgan fingerprint density at radius 2 is 2.00 bits per heavy atom. The van der Waals surface area contributed by atoms with Crippen LogP contribution in [0.1, 0.15) is 17.2 Å². The van der Waals surface area contributed by atoms with E-state index in [0.29, 0.717) is 6.54 Å². The molecular weight excluding hydrogens is 328 g/mol. The molecule has 0 aliphatic heterocycles. The monoisotopic (exact) mass is 348 g/mol. The molecule has 0 aliphatic rings. The summed E-state index contributed by atoms with van der Waals surface area (Å²) in [6.45, 7) is 2.60. The molecule has 0 saturated heterocycles. The number of anilines is 1. The lowest BCUT2D eigenvalue weighted by Gasteiger charge is -2.31. The molecule has 2 aromatic carbocycles. The molecule has 0 heterocycles. The van der Waals surface area contributed by atoms with Gasteiger partial charge in [-0.05, 0) is 42.8 Å². The van der Waals surface area contributed by atoms with Crippen molar-refractivity contribution in [2.24, 2.45) is 5.73 Å². The lowest BCUT2D eigenvalue weighted by atomic mass is 10.0. The number of benzene rings is 2. The highest BCUT2D eigenvalue weighted by atomic mass is 79.9. The van der Waals surface area contributed by atoms with Gasteiger partial charge in [0.25, 0.3) is 0 Å². The second kappa shape index (κ2) is 6.96. The summed E-state index contributed by atoms with van der Waals surface area (Å²) >= 11 is 3.53. The van der Waals surface area contributed by atoms with E-state index in [1.165, 1.54) is 5.56 Å². The Kier molecular flexibility index (Phi) is 5.26.